The lowest BCUT2D eigenvalue weighted by molar-refractivity contribution is -0.384. The van der Waals surface area contributed by atoms with Crippen molar-refractivity contribution in [2.24, 2.45) is 0 Å². The lowest BCUT2D eigenvalue weighted by Gasteiger charge is -2.24. The van der Waals surface area contributed by atoms with Crippen LogP contribution in [0.4, 0.5) is 18.9 Å². The fourth-order valence-corrected chi connectivity index (χ4v) is 4.06. The smallest absolute Gasteiger partial charge is 0.406 e. The van der Waals surface area contributed by atoms with Crippen LogP contribution in [0, 0.1) is 17.0 Å². The van der Waals surface area contributed by atoms with Gasteiger partial charge in [-0.3, -0.25) is 20.0 Å². The number of ether oxygens (including phenoxy) is 2. The van der Waals surface area contributed by atoms with Crippen molar-refractivity contribution in [3.8, 4) is 17.0 Å². The number of alkyl halides is 3. The second kappa shape index (κ2) is 8.80. The molecule has 1 unspecified atom stereocenters. The Morgan fingerprint density at radius 2 is 1.91 bits per heavy atom. The molecule has 0 N–H and O–H groups in total. The normalized spacial score (nSPS) is 16.0. The van der Waals surface area contributed by atoms with Crippen molar-refractivity contribution >= 4 is 5.69 Å². The maximum absolute atomic E-state index is 12.4. The number of methoxy groups -OCH3 is 1. The average Bonchev–Trinajstić information content (AvgIpc) is 3.11. The molecule has 0 saturated heterocycles. The van der Waals surface area contributed by atoms with Gasteiger partial charge in [0.2, 0.25) is 0 Å². The molecule has 2 aromatic carbocycles. The number of hydrogen-bond acceptors (Lipinski definition) is 6. The molecule has 0 fully saturated rings. The summed E-state index contributed by atoms with van der Waals surface area (Å²) in [4.78, 5) is 17.4. The van der Waals surface area contributed by atoms with E-state index in [1.807, 2.05) is 17.9 Å². The zero-order valence-electron chi connectivity index (χ0n) is 17.8. The number of non-ortho nitro benzene ring substituents is 1. The molecule has 4 rings (SSSR count). The van der Waals surface area contributed by atoms with Gasteiger partial charge in [0.05, 0.1) is 10.6 Å². The van der Waals surface area contributed by atoms with E-state index < -0.39 is 11.3 Å². The number of nitro benzene ring substituents is 1. The summed E-state index contributed by atoms with van der Waals surface area (Å²) in [6.07, 6.45) is -5.11. The third kappa shape index (κ3) is 4.96. The molecule has 1 atom stereocenters. The largest absolute Gasteiger partial charge is 0.573 e. The Hall–Kier alpha value is -3.50. The summed E-state index contributed by atoms with van der Waals surface area (Å²) in [6, 6.07) is 13.9. The lowest BCUT2D eigenvalue weighted by Crippen LogP contribution is -2.23. The van der Waals surface area contributed by atoms with Crippen LogP contribution in [-0.4, -0.2) is 28.3 Å². The van der Waals surface area contributed by atoms with Gasteiger partial charge in [-0.1, -0.05) is 24.3 Å². The molecule has 0 radical (unpaired) electrons. The average molecular weight is 459 g/mol. The minimum atomic E-state index is -4.74. The van der Waals surface area contributed by atoms with Crippen molar-refractivity contribution in [2.75, 3.05) is 7.11 Å². The molecule has 0 spiro atoms. The van der Waals surface area contributed by atoms with Crippen LogP contribution >= 0.6 is 0 Å². The number of aromatic nitrogens is 1. The minimum absolute atomic E-state index is 0.0122. The Balaban J connectivity index is 1.58. The maximum Gasteiger partial charge on any atom is 0.573 e. The van der Waals surface area contributed by atoms with Gasteiger partial charge in [0.25, 0.3) is 5.69 Å². The number of rotatable bonds is 6. The van der Waals surface area contributed by atoms with E-state index in [0.29, 0.717) is 24.3 Å². The molecular formula is C23H20F3N3O4. The van der Waals surface area contributed by atoms with Gasteiger partial charge < -0.3 is 9.47 Å². The fourth-order valence-electron chi connectivity index (χ4n) is 4.06. The zero-order valence-corrected chi connectivity index (χ0v) is 17.8. The minimum Gasteiger partial charge on any atom is -0.406 e. The van der Waals surface area contributed by atoms with Gasteiger partial charge in [0.15, 0.2) is 0 Å². The van der Waals surface area contributed by atoms with Crippen LogP contribution in [-0.2, 0) is 17.8 Å². The molecule has 1 aliphatic rings. The first kappa shape index (κ1) is 22.7. The first-order chi connectivity index (χ1) is 15.6. The van der Waals surface area contributed by atoms with Crippen LogP contribution in [0.5, 0.6) is 5.75 Å². The van der Waals surface area contributed by atoms with Crippen molar-refractivity contribution in [3.63, 3.8) is 0 Å². The number of nitro groups is 1. The fraction of sp³-hybridized carbons (Fsp3) is 0.261. The van der Waals surface area contributed by atoms with Crippen molar-refractivity contribution in [3.05, 3.63) is 87.1 Å². The highest BCUT2D eigenvalue weighted by molar-refractivity contribution is 5.64. The molecule has 0 saturated carbocycles. The highest BCUT2D eigenvalue weighted by Crippen LogP contribution is 2.39. The number of nitrogens with zero attached hydrogens (tertiary/aromatic N) is 3. The Bertz CT molecular complexity index is 1180. The SMILES string of the molecule is COC1c2c(cc(-c3cccc([N+](=O)[O-])c3)nc2C)CN1Cc1ccc(OC(F)(F)F)cc1. The van der Waals surface area contributed by atoms with Crippen molar-refractivity contribution in [1.82, 2.24) is 9.88 Å². The number of hydrogen-bond donors (Lipinski definition) is 0. The summed E-state index contributed by atoms with van der Waals surface area (Å²) in [5, 5.41) is 11.1. The zero-order chi connectivity index (χ0) is 23.8. The summed E-state index contributed by atoms with van der Waals surface area (Å²) in [7, 11) is 1.58. The van der Waals surface area contributed by atoms with E-state index in [9.17, 15) is 23.3 Å². The Morgan fingerprint density at radius 1 is 1.18 bits per heavy atom. The second-order valence-corrected chi connectivity index (χ2v) is 7.66. The van der Waals surface area contributed by atoms with Crippen LogP contribution in [0.15, 0.2) is 54.6 Å². The van der Waals surface area contributed by atoms with Gasteiger partial charge in [-0.05, 0) is 36.2 Å². The maximum atomic E-state index is 12.4. The van der Waals surface area contributed by atoms with Gasteiger partial charge in [0.1, 0.15) is 12.0 Å². The molecule has 0 amide bonds. The van der Waals surface area contributed by atoms with E-state index in [4.69, 9.17) is 4.74 Å². The molecule has 0 bridgehead atoms. The van der Waals surface area contributed by atoms with E-state index in [-0.39, 0.29) is 17.7 Å². The number of fused-ring (bicyclic) bond motifs is 1. The van der Waals surface area contributed by atoms with E-state index in [2.05, 4.69) is 9.72 Å². The van der Waals surface area contributed by atoms with Crippen LogP contribution in [0.2, 0.25) is 0 Å². The standard InChI is InChI=1S/C23H20F3N3O4/c1-14-21-17(11-20(27-14)16-4-3-5-18(10-16)29(30)31)13-28(22(21)32-2)12-15-6-8-19(9-7-15)33-23(24,25)26/h3-11,22H,12-13H2,1-2H3. The first-order valence-electron chi connectivity index (χ1n) is 10.0. The monoisotopic (exact) mass is 459 g/mol. The molecule has 7 nitrogen and oxygen atoms in total. The van der Waals surface area contributed by atoms with E-state index >= 15 is 0 Å². The van der Waals surface area contributed by atoms with Crippen LogP contribution in [0.25, 0.3) is 11.3 Å². The molecule has 2 heterocycles. The molecule has 1 aromatic heterocycles. The van der Waals surface area contributed by atoms with E-state index in [1.165, 1.54) is 24.3 Å². The number of halogens is 3. The van der Waals surface area contributed by atoms with E-state index in [1.54, 1.807) is 31.4 Å². The summed E-state index contributed by atoms with van der Waals surface area (Å²) in [6.45, 7) is 2.82. The Kier molecular flexibility index (Phi) is 6.05. The molecule has 1 aliphatic heterocycles. The second-order valence-electron chi connectivity index (χ2n) is 7.66. The predicted octanol–water partition coefficient (Wildman–Crippen LogP) is 5.52. The summed E-state index contributed by atoms with van der Waals surface area (Å²) < 4.78 is 46.8. The molecule has 10 heteroatoms. The molecule has 172 valence electrons. The molecule has 33 heavy (non-hydrogen) atoms. The number of pyridine rings is 1. The van der Waals surface area contributed by atoms with Crippen LogP contribution in [0.1, 0.15) is 28.6 Å². The lowest BCUT2D eigenvalue weighted by atomic mass is 10.0. The van der Waals surface area contributed by atoms with Gasteiger partial charge in [-0.25, -0.2) is 0 Å². The summed E-state index contributed by atoms with van der Waals surface area (Å²) in [5.74, 6) is -0.277. The molecular weight excluding hydrogens is 439 g/mol. The first-order valence-corrected chi connectivity index (χ1v) is 10.0. The van der Waals surface area contributed by atoms with Crippen molar-refractivity contribution < 1.29 is 27.6 Å². The summed E-state index contributed by atoms with van der Waals surface area (Å²) >= 11 is 0. The quantitative estimate of drug-likeness (QED) is 0.357. The Morgan fingerprint density at radius 3 is 2.55 bits per heavy atom. The van der Waals surface area contributed by atoms with Crippen molar-refractivity contribution in [2.45, 2.75) is 32.6 Å². The highest BCUT2D eigenvalue weighted by Gasteiger charge is 2.33. The van der Waals surface area contributed by atoms with Gasteiger partial charge in [-0.2, -0.15) is 0 Å². The molecule has 3 aromatic rings. The van der Waals surface area contributed by atoms with Crippen LogP contribution < -0.4 is 4.74 Å². The summed E-state index contributed by atoms with van der Waals surface area (Å²) in [5.41, 5.74) is 4.70. The highest BCUT2D eigenvalue weighted by atomic mass is 19.4. The number of benzene rings is 2. The molecule has 0 aliphatic carbocycles. The van der Waals surface area contributed by atoms with Crippen LogP contribution in [0.3, 0.4) is 0 Å². The van der Waals surface area contributed by atoms with E-state index in [0.717, 1.165) is 22.4 Å². The third-order valence-electron chi connectivity index (χ3n) is 5.41. The van der Waals surface area contributed by atoms with Gasteiger partial charge in [-0.15, -0.1) is 13.2 Å². The van der Waals surface area contributed by atoms with Gasteiger partial charge in [0, 0.05) is 49.2 Å². The topological polar surface area (TPSA) is 77.7 Å². The van der Waals surface area contributed by atoms with Gasteiger partial charge >= 0.3 is 6.36 Å². The predicted molar refractivity (Wildman–Crippen MR) is 113 cm³/mol. The third-order valence-corrected chi connectivity index (χ3v) is 5.41. The Labute approximate surface area is 187 Å². The number of aryl methyl sites for hydroxylation is 1. The van der Waals surface area contributed by atoms with Crippen molar-refractivity contribution in [1.29, 1.82) is 0 Å².